The fourth-order valence-corrected chi connectivity index (χ4v) is 4.88. The van der Waals surface area contributed by atoms with E-state index in [4.69, 9.17) is 9.73 Å². The third-order valence-electron chi connectivity index (χ3n) is 6.76. The topological polar surface area (TPSA) is 97.6 Å². The zero-order chi connectivity index (χ0) is 26.8. The van der Waals surface area contributed by atoms with Gasteiger partial charge in [0.25, 0.3) is 5.91 Å². The molecule has 0 aliphatic carbocycles. The maximum Gasteiger partial charge on any atom is 0.261 e. The molecule has 2 N–H and O–H groups in total. The standard InChI is InChI=1S/C30H29N5O3/c1-18-10-9-12-21(16-18)33-29(36)23-17-31-35-27(22-13-6-5-11-19(22)2)26(20(3)32-28(23)35)30(37)34-24-14-7-8-15-25(24)38-4/h5-17,26-27H,1-4H3,(H,33,36)(H,34,37). The lowest BCUT2D eigenvalue weighted by molar-refractivity contribution is -0.118. The van der Waals surface area contributed by atoms with Crippen LogP contribution in [-0.4, -0.2) is 34.4 Å². The number of fused-ring (bicyclic) bond motifs is 1. The van der Waals surface area contributed by atoms with Crippen LogP contribution in [0.15, 0.2) is 84.0 Å². The molecule has 192 valence electrons. The van der Waals surface area contributed by atoms with Crippen LogP contribution >= 0.6 is 0 Å². The van der Waals surface area contributed by atoms with E-state index in [0.29, 0.717) is 34.2 Å². The molecule has 2 unspecified atom stereocenters. The number of hydrogen-bond acceptors (Lipinski definition) is 5. The van der Waals surface area contributed by atoms with Crippen molar-refractivity contribution in [1.29, 1.82) is 0 Å². The fraction of sp³-hybridized carbons (Fsp3) is 0.200. The second-order valence-electron chi connectivity index (χ2n) is 9.37. The Bertz CT molecular complexity index is 1550. The van der Waals surface area contributed by atoms with Gasteiger partial charge in [0, 0.05) is 11.4 Å². The number of carbonyl (C=O) groups is 2. The summed E-state index contributed by atoms with van der Waals surface area (Å²) in [5.74, 6) is -0.235. The summed E-state index contributed by atoms with van der Waals surface area (Å²) in [5, 5.41) is 10.5. The Kier molecular flexibility index (Phi) is 6.79. The van der Waals surface area contributed by atoms with Crippen LogP contribution in [0.25, 0.3) is 0 Å². The molecule has 3 aromatic carbocycles. The van der Waals surface area contributed by atoms with Crippen molar-refractivity contribution in [2.45, 2.75) is 26.8 Å². The molecule has 1 aliphatic heterocycles. The number of ether oxygens (including phenoxy) is 1. The van der Waals surface area contributed by atoms with E-state index in [1.165, 1.54) is 6.20 Å². The van der Waals surface area contributed by atoms with Gasteiger partial charge in [-0.1, -0.05) is 48.5 Å². The van der Waals surface area contributed by atoms with E-state index in [1.54, 1.807) is 23.9 Å². The highest BCUT2D eigenvalue weighted by Crippen LogP contribution is 2.40. The van der Waals surface area contributed by atoms with Crippen molar-refractivity contribution in [1.82, 2.24) is 9.78 Å². The molecule has 8 heteroatoms. The number of aryl methyl sites for hydroxylation is 2. The molecule has 2 amide bonds. The Hall–Kier alpha value is -4.72. The number of rotatable bonds is 6. The van der Waals surface area contributed by atoms with Crippen LogP contribution in [0, 0.1) is 19.8 Å². The van der Waals surface area contributed by atoms with E-state index in [2.05, 4.69) is 15.7 Å². The van der Waals surface area contributed by atoms with Gasteiger partial charge in [0.2, 0.25) is 5.91 Å². The zero-order valence-corrected chi connectivity index (χ0v) is 21.7. The summed E-state index contributed by atoms with van der Waals surface area (Å²) >= 11 is 0. The van der Waals surface area contributed by atoms with Crippen LogP contribution in [0.4, 0.5) is 17.2 Å². The molecule has 0 radical (unpaired) electrons. The third-order valence-corrected chi connectivity index (χ3v) is 6.76. The second kappa shape index (κ2) is 10.3. The molecule has 4 aromatic rings. The molecule has 38 heavy (non-hydrogen) atoms. The summed E-state index contributed by atoms with van der Waals surface area (Å²) in [6.07, 6.45) is 1.52. The predicted octanol–water partition coefficient (Wildman–Crippen LogP) is 5.71. The van der Waals surface area contributed by atoms with Crippen molar-refractivity contribution in [2.75, 3.05) is 17.7 Å². The van der Waals surface area contributed by atoms with Gasteiger partial charge in [0.1, 0.15) is 17.2 Å². The van der Waals surface area contributed by atoms with Crippen molar-refractivity contribution < 1.29 is 14.3 Å². The average molecular weight is 508 g/mol. The Morgan fingerprint density at radius 3 is 2.45 bits per heavy atom. The first-order valence-corrected chi connectivity index (χ1v) is 12.4. The number of aliphatic imine (C=N–C) groups is 1. The van der Waals surface area contributed by atoms with Gasteiger partial charge in [-0.25, -0.2) is 9.67 Å². The summed E-state index contributed by atoms with van der Waals surface area (Å²) in [6.45, 7) is 5.78. The molecule has 8 nitrogen and oxygen atoms in total. The van der Waals surface area contributed by atoms with Gasteiger partial charge in [-0.15, -0.1) is 0 Å². The largest absolute Gasteiger partial charge is 0.495 e. The maximum atomic E-state index is 13.8. The highest BCUT2D eigenvalue weighted by Gasteiger charge is 2.40. The summed E-state index contributed by atoms with van der Waals surface area (Å²) in [7, 11) is 1.56. The number of anilines is 2. The zero-order valence-electron chi connectivity index (χ0n) is 21.7. The number of hydrogen-bond donors (Lipinski definition) is 2. The molecular formula is C30H29N5O3. The average Bonchev–Trinajstić information content (AvgIpc) is 3.32. The molecule has 1 aromatic heterocycles. The van der Waals surface area contributed by atoms with Gasteiger partial charge in [-0.05, 0) is 61.7 Å². The molecular weight excluding hydrogens is 478 g/mol. The minimum Gasteiger partial charge on any atom is -0.495 e. The number of aromatic nitrogens is 2. The SMILES string of the molecule is COc1ccccc1NC(=O)C1C(C)=Nc2c(C(=O)Nc3cccc(C)c3)cnn2C1c1ccccc1C. The van der Waals surface area contributed by atoms with Crippen LogP contribution in [0.3, 0.4) is 0 Å². The number of nitrogens with zero attached hydrogens (tertiary/aromatic N) is 3. The van der Waals surface area contributed by atoms with Crippen molar-refractivity contribution in [2.24, 2.45) is 10.9 Å². The second-order valence-corrected chi connectivity index (χ2v) is 9.37. The van der Waals surface area contributed by atoms with Crippen LogP contribution in [0.1, 0.15) is 40.0 Å². The molecule has 0 saturated heterocycles. The lowest BCUT2D eigenvalue weighted by Gasteiger charge is -2.32. The van der Waals surface area contributed by atoms with Gasteiger partial charge in [0.05, 0.1) is 25.0 Å². The van der Waals surface area contributed by atoms with E-state index >= 15 is 0 Å². The summed E-state index contributed by atoms with van der Waals surface area (Å²) in [6, 6.07) is 22.2. The Balaban J connectivity index is 1.56. The molecule has 2 atom stereocenters. The molecule has 5 rings (SSSR count). The molecule has 1 aliphatic rings. The lowest BCUT2D eigenvalue weighted by atomic mass is 9.85. The lowest BCUT2D eigenvalue weighted by Crippen LogP contribution is -2.39. The van der Waals surface area contributed by atoms with Crippen molar-refractivity contribution in [3.8, 4) is 5.75 Å². The molecule has 0 fully saturated rings. The number of para-hydroxylation sites is 2. The monoisotopic (exact) mass is 507 g/mol. The Morgan fingerprint density at radius 2 is 1.68 bits per heavy atom. The first-order valence-electron chi connectivity index (χ1n) is 12.4. The Morgan fingerprint density at radius 1 is 0.921 bits per heavy atom. The van der Waals surface area contributed by atoms with Gasteiger partial charge in [-0.2, -0.15) is 5.10 Å². The number of benzene rings is 3. The maximum absolute atomic E-state index is 13.8. The van der Waals surface area contributed by atoms with Crippen molar-refractivity contribution in [3.05, 3.63) is 101 Å². The minimum absolute atomic E-state index is 0.240. The predicted molar refractivity (Wildman–Crippen MR) is 149 cm³/mol. The molecule has 0 bridgehead atoms. The quantitative estimate of drug-likeness (QED) is 0.349. The van der Waals surface area contributed by atoms with E-state index in [-0.39, 0.29) is 11.8 Å². The minimum atomic E-state index is -0.666. The third kappa shape index (κ3) is 4.68. The van der Waals surface area contributed by atoms with Gasteiger partial charge >= 0.3 is 0 Å². The number of carbonyl (C=O) groups excluding carboxylic acids is 2. The van der Waals surface area contributed by atoms with Crippen molar-refractivity contribution in [3.63, 3.8) is 0 Å². The number of methoxy groups -OCH3 is 1. The first-order chi connectivity index (χ1) is 18.4. The van der Waals surface area contributed by atoms with Crippen molar-refractivity contribution >= 4 is 34.7 Å². The van der Waals surface area contributed by atoms with E-state index in [9.17, 15) is 9.59 Å². The number of nitrogens with one attached hydrogen (secondary N) is 2. The van der Waals surface area contributed by atoms with Gasteiger partial charge in [0.15, 0.2) is 5.82 Å². The molecule has 0 saturated carbocycles. The molecule has 2 heterocycles. The smallest absolute Gasteiger partial charge is 0.261 e. The van der Waals surface area contributed by atoms with Crippen LogP contribution in [-0.2, 0) is 4.79 Å². The molecule has 0 spiro atoms. The fourth-order valence-electron chi connectivity index (χ4n) is 4.88. The van der Waals surface area contributed by atoms with E-state index in [0.717, 1.165) is 16.7 Å². The van der Waals surface area contributed by atoms with E-state index < -0.39 is 12.0 Å². The van der Waals surface area contributed by atoms with Crippen LogP contribution < -0.4 is 15.4 Å². The van der Waals surface area contributed by atoms with Crippen LogP contribution in [0.2, 0.25) is 0 Å². The summed E-state index contributed by atoms with van der Waals surface area (Å²) in [4.78, 5) is 31.8. The highest BCUT2D eigenvalue weighted by molar-refractivity contribution is 6.13. The van der Waals surface area contributed by atoms with Crippen LogP contribution in [0.5, 0.6) is 5.75 Å². The first kappa shape index (κ1) is 25.0. The van der Waals surface area contributed by atoms with Gasteiger partial charge in [-0.3, -0.25) is 9.59 Å². The number of amides is 2. The normalized spacial score (nSPS) is 16.3. The summed E-state index contributed by atoms with van der Waals surface area (Å²) in [5.41, 5.74) is 5.16. The van der Waals surface area contributed by atoms with Gasteiger partial charge < -0.3 is 15.4 Å². The highest BCUT2D eigenvalue weighted by atomic mass is 16.5. The summed E-state index contributed by atoms with van der Waals surface area (Å²) < 4.78 is 7.11. The van der Waals surface area contributed by atoms with E-state index in [1.807, 2.05) is 81.4 Å². The Labute approximate surface area is 221 Å².